The highest BCUT2D eigenvalue weighted by Gasteiger charge is 2.34. The largest absolute Gasteiger partial charge is 0.439 e. The average Bonchev–Trinajstić information content (AvgIpc) is 2.63. The Morgan fingerprint density at radius 2 is 2.06 bits per heavy atom. The molecule has 2 rings (SSSR count). The number of aromatic nitrogens is 2. The molecule has 1 aromatic heterocycles. The standard InChI is InChI=1S/C9H4BrF3N2O2/c10-6-4(7-14-8(16)17-15-7)2-1-3-5(6)9(11,12)13/h1-3H,(H,14,15,16). The predicted octanol–water partition coefficient (Wildman–Crippen LogP) is 2.81. The Morgan fingerprint density at radius 1 is 1.35 bits per heavy atom. The summed E-state index contributed by atoms with van der Waals surface area (Å²) in [7, 11) is 0. The third-order valence-corrected chi connectivity index (χ3v) is 2.85. The van der Waals surface area contributed by atoms with E-state index in [-0.39, 0.29) is 15.9 Å². The van der Waals surface area contributed by atoms with E-state index in [1.54, 1.807) is 0 Å². The maximum Gasteiger partial charge on any atom is 0.439 e. The first-order valence-electron chi connectivity index (χ1n) is 4.31. The van der Waals surface area contributed by atoms with Gasteiger partial charge in [0.05, 0.1) is 5.56 Å². The number of aromatic amines is 1. The lowest BCUT2D eigenvalue weighted by molar-refractivity contribution is -0.138. The van der Waals surface area contributed by atoms with E-state index in [2.05, 4.69) is 30.6 Å². The van der Waals surface area contributed by atoms with Crippen LogP contribution >= 0.6 is 15.9 Å². The Morgan fingerprint density at radius 3 is 2.59 bits per heavy atom. The molecule has 1 aromatic carbocycles. The number of nitrogens with one attached hydrogen (secondary N) is 1. The molecule has 90 valence electrons. The van der Waals surface area contributed by atoms with Gasteiger partial charge in [-0.05, 0) is 28.1 Å². The molecule has 0 saturated heterocycles. The molecule has 0 aliphatic heterocycles. The van der Waals surface area contributed by atoms with Crippen molar-refractivity contribution in [2.24, 2.45) is 0 Å². The summed E-state index contributed by atoms with van der Waals surface area (Å²) in [5.74, 6) is -0.891. The molecule has 2 aromatic rings. The molecule has 0 radical (unpaired) electrons. The summed E-state index contributed by atoms with van der Waals surface area (Å²) in [4.78, 5) is 12.9. The topological polar surface area (TPSA) is 58.9 Å². The van der Waals surface area contributed by atoms with Gasteiger partial charge in [0.25, 0.3) is 0 Å². The minimum Gasteiger partial charge on any atom is -0.296 e. The molecule has 0 amide bonds. The Bertz CT molecular complexity index is 603. The number of hydrogen-bond acceptors (Lipinski definition) is 3. The van der Waals surface area contributed by atoms with Crippen molar-refractivity contribution in [3.8, 4) is 11.4 Å². The lowest BCUT2D eigenvalue weighted by Gasteiger charge is -2.10. The Balaban J connectivity index is 2.61. The summed E-state index contributed by atoms with van der Waals surface area (Å²) in [5.41, 5.74) is -0.746. The maximum atomic E-state index is 12.6. The summed E-state index contributed by atoms with van der Waals surface area (Å²) >= 11 is 2.84. The fourth-order valence-corrected chi connectivity index (χ4v) is 1.96. The highest BCUT2D eigenvalue weighted by atomic mass is 79.9. The number of benzene rings is 1. The summed E-state index contributed by atoms with van der Waals surface area (Å²) in [6, 6.07) is 3.52. The molecule has 8 heteroatoms. The first kappa shape index (κ1) is 11.9. The molecule has 0 fully saturated rings. The van der Waals surface area contributed by atoms with Crippen LogP contribution in [0.3, 0.4) is 0 Å². The minimum absolute atomic E-state index is 0.0621. The summed E-state index contributed by atoms with van der Waals surface area (Å²) in [5, 5.41) is 3.33. The summed E-state index contributed by atoms with van der Waals surface area (Å²) in [6.07, 6.45) is -4.49. The van der Waals surface area contributed by atoms with Crippen molar-refractivity contribution in [2.75, 3.05) is 0 Å². The van der Waals surface area contributed by atoms with E-state index < -0.39 is 17.5 Å². The molecule has 0 aliphatic carbocycles. The van der Waals surface area contributed by atoms with E-state index in [1.165, 1.54) is 12.1 Å². The Labute approximate surface area is 101 Å². The first-order chi connectivity index (χ1) is 7.89. The molecule has 0 saturated carbocycles. The van der Waals surface area contributed by atoms with Crippen LogP contribution < -0.4 is 5.76 Å². The minimum atomic E-state index is -4.49. The lowest BCUT2D eigenvalue weighted by Crippen LogP contribution is -2.06. The van der Waals surface area contributed by atoms with Crippen LogP contribution in [0, 0.1) is 0 Å². The van der Waals surface area contributed by atoms with Crippen molar-refractivity contribution in [1.29, 1.82) is 0 Å². The van der Waals surface area contributed by atoms with Crippen LogP contribution in [-0.4, -0.2) is 10.1 Å². The highest BCUT2D eigenvalue weighted by Crippen LogP contribution is 2.38. The first-order valence-corrected chi connectivity index (χ1v) is 5.11. The van der Waals surface area contributed by atoms with E-state index >= 15 is 0 Å². The zero-order valence-corrected chi connectivity index (χ0v) is 9.59. The van der Waals surface area contributed by atoms with Gasteiger partial charge in [0.1, 0.15) is 0 Å². The van der Waals surface area contributed by atoms with Crippen LogP contribution in [-0.2, 0) is 6.18 Å². The number of nitrogens with zero attached hydrogens (tertiary/aromatic N) is 1. The molecule has 0 bridgehead atoms. The number of rotatable bonds is 1. The van der Waals surface area contributed by atoms with Gasteiger partial charge in [0.15, 0.2) is 5.82 Å². The van der Waals surface area contributed by atoms with Crippen molar-refractivity contribution in [1.82, 2.24) is 10.1 Å². The second kappa shape index (κ2) is 4.02. The quantitative estimate of drug-likeness (QED) is 0.881. The van der Waals surface area contributed by atoms with Crippen molar-refractivity contribution >= 4 is 15.9 Å². The van der Waals surface area contributed by atoms with Crippen LogP contribution in [0.1, 0.15) is 5.56 Å². The van der Waals surface area contributed by atoms with Crippen LogP contribution in [0.25, 0.3) is 11.4 Å². The van der Waals surface area contributed by atoms with Crippen LogP contribution in [0.2, 0.25) is 0 Å². The van der Waals surface area contributed by atoms with Gasteiger partial charge in [-0.3, -0.25) is 9.51 Å². The summed E-state index contributed by atoms with van der Waals surface area (Å²) in [6.45, 7) is 0. The van der Waals surface area contributed by atoms with Gasteiger partial charge >= 0.3 is 11.9 Å². The van der Waals surface area contributed by atoms with E-state index in [4.69, 9.17) is 0 Å². The van der Waals surface area contributed by atoms with Gasteiger partial charge in [-0.15, -0.1) is 0 Å². The van der Waals surface area contributed by atoms with Gasteiger partial charge in [0, 0.05) is 10.0 Å². The van der Waals surface area contributed by atoms with Crippen LogP contribution in [0.4, 0.5) is 13.2 Å². The predicted molar refractivity (Wildman–Crippen MR) is 55.3 cm³/mol. The van der Waals surface area contributed by atoms with Crippen molar-refractivity contribution < 1.29 is 17.7 Å². The van der Waals surface area contributed by atoms with Crippen molar-refractivity contribution in [3.63, 3.8) is 0 Å². The lowest BCUT2D eigenvalue weighted by atomic mass is 10.1. The highest BCUT2D eigenvalue weighted by molar-refractivity contribution is 9.10. The zero-order valence-electron chi connectivity index (χ0n) is 8.01. The van der Waals surface area contributed by atoms with Gasteiger partial charge in [-0.2, -0.15) is 13.2 Å². The SMILES string of the molecule is O=c1[nH]c(-c2cccc(C(F)(F)F)c2Br)no1. The molecule has 17 heavy (non-hydrogen) atoms. The fourth-order valence-electron chi connectivity index (χ4n) is 1.28. The average molecular weight is 309 g/mol. The smallest absolute Gasteiger partial charge is 0.296 e. The second-order valence-corrected chi connectivity index (χ2v) is 3.90. The molecule has 1 heterocycles. The Hall–Kier alpha value is -1.57. The third-order valence-electron chi connectivity index (χ3n) is 2.00. The van der Waals surface area contributed by atoms with Gasteiger partial charge in [-0.1, -0.05) is 11.2 Å². The van der Waals surface area contributed by atoms with Crippen LogP contribution in [0.5, 0.6) is 0 Å². The monoisotopic (exact) mass is 308 g/mol. The number of H-pyrrole nitrogens is 1. The van der Waals surface area contributed by atoms with E-state index in [0.717, 1.165) is 6.07 Å². The van der Waals surface area contributed by atoms with Gasteiger partial charge in [0.2, 0.25) is 0 Å². The van der Waals surface area contributed by atoms with Gasteiger partial charge in [-0.25, -0.2) is 4.79 Å². The van der Waals surface area contributed by atoms with E-state index in [1.807, 2.05) is 0 Å². The van der Waals surface area contributed by atoms with Gasteiger partial charge < -0.3 is 0 Å². The number of alkyl halides is 3. The molecule has 4 nitrogen and oxygen atoms in total. The van der Waals surface area contributed by atoms with Crippen molar-refractivity contribution in [3.05, 3.63) is 38.8 Å². The Kier molecular flexibility index (Phi) is 2.82. The molecule has 0 unspecified atom stereocenters. The number of halogens is 4. The van der Waals surface area contributed by atoms with Crippen molar-refractivity contribution in [2.45, 2.75) is 6.18 Å². The van der Waals surface area contributed by atoms with Crippen LogP contribution in [0.15, 0.2) is 32.0 Å². The van der Waals surface area contributed by atoms with E-state index in [0.29, 0.717) is 0 Å². The molecular formula is C9H4BrF3N2O2. The number of hydrogen-bond donors (Lipinski definition) is 1. The van der Waals surface area contributed by atoms with E-state index in [9.17, 15) is 18.0 Å². The summed E-state index contributed by atoms with van der Waals surface area (Å²) < 4.78 is 41.9. The molecular weight excluding hydrogens is 305 g/mol. The fraction of sp³-hybridized carbons (Fsp3) is 0.111. The maximum absolute atomic E-state index is 12.6. The normalized spacial score (nSPS) is 11.8. The molecule has 0 atom stereocenters. The zero-order chi connectivity index (χ0) is 12.6. The molecule has 1 N–H and O–H groups in total. The second-order valence-electron chi connectivity index (χ2n) is 3.11. The third kappa shape index (κ3) is 2.26. The molecule has 0 aliphatic rings. The molecule has 0 spiro atoms.